The van der Waals surface area contributed by atoms with Crippen molar-refractivity contribution in [2.24, 2.45) is 0 Å². The van der Waals surface area contributed by atoms with Crippen LogP contribution in [0.15, 0.2) is 42.6 Å². The molecule has 0 N–H and O–H groups in total. The van der Waals surface area contributed by atoms with Gasteiger partial charge in [-0.1, -0.05) is 35.3 Å². The van der Waals surface area contributed by atoms with Crippen LogP contribution in [-0.4, -0.2) is 22.8 Å². The fraction of sp³-hybridized carbons (Fsp3) is 0.143. The van der Waals surface area contributed by atoms with Gasteiger partial charge in [0.2, 0.25) is 0 Å². The maximum Gasteiger partial charge on any atom is 0.272 e. The molecular formula is C14H12Cl2N2O. The second-order valence-corrected chi connectivity index (χ2v) is 4.94. The molecule has 0 spiro atoms. The number of nitrogens with zero attached hydrogens (tertiary/aromatic N) is 2. The number of amides is 1. The van der Waals surface area contributed by atoms with E-state index in [-0.39, 0.29) is 5.91 Å². The molecule has 0 radical (unpaired) electrons. The van der Waals surface area contributed by atoms with E-state index in [0.29, 0.717) is 22.3 Å². The molecule has 2 rings (SSSR count). The van der Waals surface area contributed by atoms with Crippen LogP contribution in [0.5, 0.6) is 0 Å². The highest BCUT2D eigenvalue weighted by molar-refractivity contribution is 6.42. The second-order valence-electron chi connectivity index (χ2n) is 4.12. The number of rotatable bonds is 3. The second kappa shape index (κ2) is 6.04. The van der Waals surface area contributed by atoms with Gasteiger partial charge in [0.15, 0.2) is 0 Å². The Morgan fingerprint density at radius 1 is 1.21 bits per heavy atom. The minimum Gasteiger partial charge on any atom is -0.336 e. The van der Waals surface area contributed by atoms with E-state index in [1.165, 1.54) is 0 Å². The van der Waals surface area contributed by atoms with Gasteiger partial charge in [0, 0.05) is 19.8 Å². The Morgan fingerprint density at radius 3 is 2.63 bits per heavy atom. The molecule has 0 aliphatic heterocycles. The molecule has 0 saturated carbocycles. The maximum absolute atomic E-state index is 12.1. The summed E-state index contributed by atoms with van der Waals surface area (Å²) in [6.45, 7) is 0.451. The molecule has 19 heavy (non-hydrogen) atoms. The Labute approximate surface area is 121 Å². The molecule has 1 amide bonds. The zero-order valence-corrected chi connectivity index (χ0v) is 11.8. The van der Waals surface area contributed by atoms with Crippen LogP contribution in [0.4, 0.5) is 0 Å². The van der Waals surface area contributed by atoms with Gasteiger partial charge in [-0.3, -0.25) is 9.78 Å². The lowest BCUT2D eigenvalue weighted by atomic mass is 10.2. The Balaban J connectivity index is 2.10. The van der Waals surface area contributed by atoms with Crippen LogP contribution in [0.2, 0.25) is 10.0 Å². The number of pyridine rings is 1. The Morgan fingerprint density at radius 2 is 2.00 bits per heavy atom. The van der Waals surface area contributed by atoms with Crippen molar-refractivity contribution in [3.63, 3.8) is 0 Å². The molecule has 0 saturated heterocycles. The van der Waals surface area contributed by atoms with Crippen molar-refractivity contribution in [3.8, 4) is 0 Å². The summed E-state index contributed by atoms with van der Waals surface area (Å²) < 4.78 is 0. The van der Waals surface area contributed by atoms with Gasteiger partial charge in [-0.25, -0.2) is 0 Å². The van der Waals surface area contributed by atoms with Crippen LogP contribution in [0.3, 0.4) is 0 Å². The predicted octanol–water partition coefficient (Wildman–Crippen LogP) is 3.66. The van der Waals surface area contributed by atoms with Crippen molar-refractivity contribution < 1.29 is 4.79 Å². The highest BCUT2D eigenvalue weighted by Gasteiger charge is 2.13. The Kier molecular flexibility index (Phi) is 4.40. The normalized spacial score (nSPS) is 10.3. The molecule has 3 nitrogen and oxygen atoms in total. The number of hydrogen-bond donors (Lipinski definition) is 0. The van der Waals surface area contributed by atoms with Crippen LogP contribution in [-0.2, 0) is 6.54 Å². The smallest absolute Gasteiger partial charge is 0.272 e. The zero-order chi connectivity index (χ0) is 13.8. The molecule has 1 aromatic carbocycles. The van der Waals surface area contributed by atoms with Crippen LogP contribution in [0.1, 0.15) is 16.1 Å². The first kappa shape index (κ1) is 13.8. The van der Waals surface area contributed by atoms with Crippen molar-refractivity contribution >= 4 is 29.1 Å². The minimum absolute atomic E-state index is 0.133. The fourth-order valence-electron chi connectivity index (χ4n) is 1.67. The Bertz CT molecular complexity index is 587. The predicted molar refractivity (Wildman–Crippen MR) is 76.5 cm³/mol. The number of halogens is 2. The minimum atomic E-state index is -0.133. The van der Waals surface area contributed by atoms with Crippen molar-refractivity contribution in [2.45, 2.75) is 6.54 Å². The van der Waals surface area contributed by atoms with Gasteiger partial charge in [-0.15, -0.1) is 0 Å². The quantitative estimate of drug-likeness (QED) is 0.865. The van der Waals surface area contributed by atoms with Crippen LogP contribution in [0, 0.1) is 0 Å². The van der Waals surface area contributed by atoms with Crippen LogP contribution in [0.25, 0.3) is 0 Å². The van der Waals surface area contributed by atoms with E-state index in [1.54, 1.807) is 48.5 Å². The average Bonchev–Trinajstić information content (AvgIpc) is 2.43. The first-order valence-corrected chi connectivity index (χ1v) is 6.44. The van der Waals surface area contributed by atoms with E-state index in [2.05, 4.69) is 4.98 Å². The lowest BCUT2D eigenvalue weighted by Gasteiger charge is -2.17. The van der Waals surface area contributed by atoms with Gasteiger partial charge in [0.1, 0.15) is 5.69 Å². The van der Waals surface area contributed by atoms with E-state index in [9.17, 15) is 4.79 Å². The number of hydrogen-bond acceptors (Lipinski definition) is 2. The lowest BCUT2D eigenvalue weighted by Crippen LogP contribution is -2.26. The SMILES string of the molecule is CN(Cc1ccc(Cl)c(Cl)c1)C(=O)c1ccccn1. The van der Waals surface area contributed by atoms with Crippen LogP contribution >= 0.6 is 23.2 Å². The third-order valence-electron chi connectivity index (χ3n) is 2.63. The molecular weight excluding hydrogens is 283 g/mol. The monoisotopic (exact) mass is 294 g/mol. The molecule has 0 unspecified atom stereocenters. The van der Waals surface area contributed by atoms with Crippen molar-refractivity contribution in [1.82, 2.24) is 9.88 Å². The molecule has 0 atom stereocenters. The molecule has 0 aliphatic rings. The number of carbonyl (C=O) groups is 1. The maximum atomic E-state index is 12.1. The van der Waals surface area contributed by atoms with Crippen molar-refractivity contribution in [2.75, 3.05) is 7.05 Å². The van der Waals surface area contributed by atoms with E-state index in [1.807, 2.05) is 6.07 Å². The summed E-state index contributed by atoms with van der Waals surface area (Å²) in [5.41, 5.74) is 1.34. The molecule has 2 aromatic rings. The highest BCUT2D eigenvalue weighted by atomic mass is 35.5. The average molecular weight is 295 g/mol. The molecule has 5 heteroatoms. The molecule has 0 bridgehead atoms. The summed E-state index contributed by atoms with van der Waals surface area (Å²) in [5, 5.41) is 0.988. The van der Waals surface area contributed by atoms with Crippen LogP contribution < -0.4 is 0 Å². The van der Waals surface area contributed by atoms with E-state index >= 15 is 0 Å². The van der Waals surface area contributed by atoms with Crippen molar-refractivity contribution in [3.05, 3.63) is 63.9 Å². The summed E-state index contributed by atoms with van der Waals surface area (Å²) >= 11 is 11.8. The number of aromatic nitrogens is 1. The van der Waals surface area contributed by atoms with Gasteiger partial charge in [-0.2, -0.15) is 0 Å². The fourth-order valence-corrected chi connectivity index (χ4v) is 1.99. The third kappa shape index (κ3) is 3.46. The highest BCUT2D eigenvalue weighted by Crippen LogP contribution is 2.23. The van der Waals surface area contributed by atoms with E-state index in [4.69, 9.17) is 23.2 Å². The van der Waals surface area contributed by atoms with Crippen molar-refractivity contribution in [1.29, 1.82) is 0 Å². The largest absolute Gasteiger partial charge is 0.336 e. The summed E-state index contributed by atoms with van der Waals surface area (Å²) in [4.78, 5) is 17.7. The standard InChI is InChI=1S/C14H12Cl2N2O/c1-18(14(19)13-4-2-3-7-17-13)9-10-5-6-11(15)12(16)8-10/h2-8H,9H2,1H3. The van der Waals surface area contributed by atoms with Gasteiger partial charge in [-0.05, 0) is 29.8 Å². The molecule has 0 fully saturated rings. The summed E-state index contributed by atoms with van der Waals surface area (Å²) in [7, 11) is 1.72. The first-order valence-electron chi connectivity index (χ1n) is 5.68. The third-order valence-corrected chi connectivity index (χ3v) is 3.37. The zero-order valence-electron chi connectivity index (χ0n) is 10.3. The molecule has 1 aromatic heterocycles. The van der Waals surface area contributed by atoms with E-state index in [0.717, 1.165) is 5.56 Å². The Hall–Kier alpha value is -1.58. The lowest BCUT2D eigenvalue weighted by molar-refractivity contribution is 0.0779. The number of carbonyl (C=O) groups excluding carboxylic acids is 1. The molecule has 98 valence electrons. The van der Waals surface area contributed by atoms with E-state index < -0.39 is 0 Å². The van der Waals surface area contributed by atoms with Gasteiger partial charge >= 0.3 is 0 Å². The molecule has 1 heterocycles. The van der Waals surface area contributed by atoms with Gasteiger partial charge in [0.05, 0.1) is 10.0 Å². The summed E-state index contributed by atoms with van der Waals surface area (Å²) in [6, 6.07) is 10.6. The topological polar surface area (TPSA) is 33.2 Å². The molecule has 0 aliphatic carbocycles. The summed E-state index contributed by atoms with van der Waals surface area (Å²) in [5.74, 6) is -0.133. The van der Waals surface area contributed by atoms with Gasteiger partial charge < -0.3 is 4.90 Å². The van der Waals surface area contributed by atoms with Gasteiger partial charge in [0.25, 0.3) is 5.91 Å². The summed E-state index contributed by atoms with van der Waals surface area (Å²) in [6.07, 6.45) is 1.60. The number of benzene rings is 1. The first-order chi connectivity index (χ1) is 9.08.